The Bertz CT molecular complexity index is 1220. The Morgan fingerprint density at radius 2 is 1.79 bits per heavy atom. The number of benzene rings is 3. The maximum Gasteiger partial charge on any atom is 0.335 e. The average Bonchev–Trinajstić information content (AvgIpc) is 2.77. The van der Waals surface area contributed by atoms with Gasteiger partial charge >= 0.3 is 5.97 Å². The first-order valence-corrected chi connectivity index (χ1v) is 11.0. The number of likely N-dealkylation sites (N-methyl/N-ethyl adjacent to an activating group) is 1. The summed E-state index contributed by atoms with van der Waals surface area (Å²) in [4.78, 5) is 26.0. The van der Waals surface area contributed by atoms with Crippen molar-refractivity contribution in [3.05, 3.63) is 63.6 Å². The molecule has 0 fully saturated rings. The molecule has 10 heteroatoms. The minimum absolute atomic E-state index is 0.0290. The molecular weight excluding hydrogens is 483 g/mol. The molecule has 1 amide bonds. The fraction of sp³-hybridized carbons (Fsp3) is 0.250. The number of carbonyl (C=O) groups excluding carboxylic acids is 1. The van der Waals surface area contributed by atoms with Gasteiger partial charge in [0.25, 0.3) is 5.91 Å². The van der Waals surface area contributed by atoms with E-state index < -0.39 is 18.5 Å². The van der Waals surface area contributed by atoms with Gasteiger partial charge in [0.2, 0.25) is 0 Å². The summed E-state index contributed by atoms with van der Waals surface area (Å²) in [6.07, 6.45) is 0. The van der Waals surface area contributed by atoms with Gasteiger partial charge in [-0.15, -0.1) is 0 Å². The lowest BCUT2D eigenvalue weighted by Gasteiger charge is -2.15. The number of carbonyl (C=O) groups is 2. The number of hydrogen-bond donors (Lipinski definition) is 3. The summed E-state index contributed by atoms with van der Waals surface area (Å²) in [6, 6.07) is 10.8. The molecule has 0 aliphatic heterocycles. The lowest BCUT2D eigenvalue weighted by atomic mass is 10.1. The average molecular weight is 507 g/mol. The van der Waals surface area contributed by atoms with Crippen molar-refractivity contribution < 1.29 is 29.3 Å². The SMILES string of the molecule is CN(C)CCOc1ccc(NC(=O)COc2cc(C(=O)O)cc3cc(Cl)cc(Cl)c23)cc1CO. The Morgan fingerprint density at radius 1 is 1.03 bits per heavy atom. The van der Waals surface area contributed by atoms with Gasteiger partial charge in [-0.3, -0.25) is 4.79 Å². The van der Waals surface area contributed by atoms with Crippen molar-refractivity contribution in [3.63, 3.8) is 0 Å². The van der Waals surface area contributed by atoms with Gasteiger partial charge in [-0.2, -0.15) is 0 Å². The third-order valence-corrected chi connectivity index (χ3v) is 5.36. The van der Waals surface area contributed by atoms with E-state index >= 15 is 0 Å². The van der Waals surface area contributed by atoms with Crippen LogP contribution in [-0.4, -0.2) is 60.8 Å². The van der Waals surface area contributed by atoms with Crippen molar-refractivity contribution >= 4 is 51.5 Å². The normalized spacial score (nSPS) is 11.0. The molecule has 3 aromatic rings. The van der Waals surface area contributed by atoms with Crippen molar-refractivity contribution in [1.29, 1.82) is 0 Å². The number of aromatic carboxylic acids is 1. The topological polar surface area (TPSA) is 108 Å². The molecule has 0 aliphatic carbocycles. The molecule has 0 saturated carbocycles. The van der Waals surface area contributed by atoms with Gasteiger partial charge in [0.15, 0.2) is 6.61 Å². The third-order valence-electron chi connectivity index (χ3n) is 4.85. The molecule has 34 heavy (non-hydrogen) atoms. The number of aliphatic hydroxyl groups is 1. The predicted octanol–water partition coefficient (Wildman–Crippen LogP) is 4.30. The number of ether oxygens (including phenoxy) is 2. The molecular formula is C24H24Cl2N2O6. The van der Waals surface area contributed by atoms with Gasteiger partial charge in [0.1, 0.15) is 18.1 Å². The van der Waals surface area contributed by atoms with Gasteiger partial charge in [-0.05, 0) is 61.9 Å². The molecule has 0 atom stereocenters. The molecule has 0 unspecified atom stereocenters. The highest BCUT2D eigenvalue weighted by atomic mass is 35.5. The summed E-state index contributed by atoms with van der Waals surface area (Å²) in [5, 5.41) is 23.3. The van der Waals surface area contributed by atoms with Crippen molar-refractivity contribution in [2.24, 2.45) is 0 Å². The quantitative estimate of drug-likeness (QED) is 0.376. The minimum atomic E-state index is -1.16. The van der Waals surface area contributed by atoms with E-state index in [1.165, 1.54) is 18.2 Å². The molecule has 0 aromatic heterocycles. The summed E-state index contributed by atoms with van der Waals surface area (Å²) in [6.45, 7) is 0.518. The van der Waals surface area contributed by atoms with Crippen molar-refractivity contribution in [1.82, 2.24) is 4.90 Å². The number of amides is 1. The van der Waals surface area contributed by atoms with Crippen LogP contribution in [0.1, 0.15) is 15.9 Å². The molecule has 0 saturated heterocycles. The first-order valence-electron chi connectivity index (χ1n) is 10.3. The van der Waals surface area contributed by atoms with Crippen molar-refractivity contribution in [2.45, 2.75) is 6.61 Å². The highest BCUT2D eigenvalue weighted by Crippen LogP contribution is 2.36. The van der Waals surface area contributed by atoms with E-state index in [1.54, 1.807) is 24.3 Å². The Morgan fingerprint density at radius 3 is 2.47 bits per heavy atom. The molecule has 3 N–H and O–H groups in total. The largest absolute Gasteiger partial charge is 0.492 e. The molecule has 3 aromatic carbocycles. The molecule has 180 valence electrons. The predicted molar refractivity (Wildman–Crippen MR) is 131 cm³/mol. The van der Waals surface area contributed by atoms with Gasteiger partial charge in [-0.1, -0.05) is 23.2 Å². The van der Waals surface area contributed by atoms with Crippen LogP contribution in [0.4, 0.5) is 5.69 Å². The van der Waals surface area contributed by atoms with Gasteiger partial charge in [0.05, 0.1) is 17.2 Å². The summed E-state index contributed by atoms with van der Waals surface area (Å²) in [7, 11) is 3.86. The van der Waals surface area contributed by atoms with E-state index in [0.717, 1.165) is 0 Å². The number of hydrogen-bond acceptors (Lipinski definition) is 6. The van der Waals surface area contributed by atoms with E-state index in [9.17, 15) is 19.8 Å². The highest BCUT2D eigenvalue weighted by Gasteiger charge is 2.15. The molecule has 8 nitrogen and oxygen atoms in total. The van der Waals surface area contributed by atoms with E-state index in [1.807, 2.05) is 19.0 Å². The second kappa shape index (κ2) is 11.4. The maximum absolute atomic E-state index is 12.5. The Labute approximate surface area is 206 Å². The van der Waals surface area contributed by atoms with Crippen LogP contribution in [0, 0.1) is 0 Å². The van der Waals surface area contributed by atoms with Crippen LogP contribution in [-0.2, 0) is 11.4 Å². The molecule has 0 spiro atoms. The van der Waals surface area contributed by atoms with Crippen LogP contribution in [0.15, 0.2) is 42.5 Å². The van der Waals surface area contributed by atoms with Gasteiger partial charge in [0, 0.05) is 28.2 Å². The number of carboxylic acid groups (broad SMARTS) is 1. The van der Waals surface area contributed by atoms with Crippen LogP contribution in [0.25, 0.3) is 10.8 Å². The van der Waals surface area contributed by atoms with Crippen LogP contribution in [0.2, 0.25) is 10.0 Å². The number of carboxylic acids is 1. The fourth-order valence-corrected chi connectivity index (χ4v) is 3.83. The maximum atomic E-state index is 12.5. The van der Waals surface area contributed by atoms with E-state index in [0.29, 0.717) is 45.9 Å². The number of fused-ring (bicyclic) bond motifs is 1. The zero-order valence-electron chi connectivity index (χ0n) is 18.6. The summed E-state index contributed by atoms with van der Waals surface area (Å²) in [5.41, 5.74) is 0.951. The first kappa shape index (κ1) is 25.6. The smallest absolute Gasteiger partial charge is 0.335 e. The van der Waals surface area contributed by atoms with Crippen LogP contribution in [0.5, 0.6) is 11.5 Å². The number of anilines is 1. The number of nitrogens with one attached hydrogen (secondary N) is 1. The highest BCUT2D eigenvalue weighted by molar-refractivity contribution is 6.39. The van der Waals surface area contributed by atoms with E-state index in [-0.39, 0.29) is 22.9 Å². The number of nitrogens with zero attached hydrogens (tertiary/aromatic N) is 1. The molecule has 0 heterocycles. The third kappa shape index (κ3) is 6.51. The Hall–Kier alpha value is -3.04. The summed E-state index contributed by atoms with van der Waals surface area (Å²) in [5.74, 6) is -0.961. The number of rotatable bonds is 10. The molecule has 0 radical (unpaired) electrons. The second-order valence-electron chi connectivity index (χ2n) is 7.73. The van der Waals surface area contributed by atoms with E-state index in [4.69, 9.17) is 32.7 Å². The first-order chi connectivity index (χ1) is 16.2. The van der Waals surface area contributed by atoms with Crippen molar-refractivity contribution in [2.75, 3.05) is 39.2 Å². The number of halogens is 2. The van der Waals surface area contributed by atoms with Crippen molar-refractivity contribution in [3.8, 4) is 11.5 Å². The summed E-state index contributed by atoms with van der Waals surface area (Å²) < 4.78 is 11.3. The lowest BCUT2D eigenvalue weighted by molar-refractivity contribution is -0.118. The fourth-order valence-electron chi connectivity index (χ4n) is 3.23. The summed E-state index contributed by atoms with van der Waals surface area (Å²) >= 11 is 12.3. The Kier molecular flexibility index (Phi) is 8.57. The molecule has 0 aliphatic rings. The minimum Gasteiger partial charge on any atom is -0.492 e. The zero-order chi connectivity index (χ0) is 24.8. The standard InChI is InChI=1S/C24H24Cl2N2O6/c1-28(2)5-6-33-20-4-3-18(9-16(20)12-29)27-22(30)13-34-21-10-15(24(31)32)7-14-8-17(25)11-19(26)23(14)21/h3-4,7-11,29H,5-6,12-13H2,1-2H3,(H,27,30)(H,31,32). The van der Waals surface area contributed by atoms with Crippen LogP contribution in [0.3, 0.4) is 0 Å². The Balaban J connectivity index is 1.73. The zero-order valence-corrected chi connectivity index (χ0v) is 20.1. The van der Waals surface area contributed by atoms with Crippen LogP contribution >= 0.6 is 23.2 Å². The second-order valence-corrected chi connectivity index (χ2v) is 8.58. The van der Waals surface area contributed by atoms with Crippen LogP contribution < -0.4 is 14.8 Å². The van der Waals surface area contributed by atoms with Gasteiger partial charge < -0.3 is 29.9 Å². The molecule has 0 bridgehead atoms. The van der Waals surface area contributed by atoms with Gasteiger partial charge in [-0.25, -0.2) is 4.79 Å². The monoisotopic (exact) mass is 506 g/mol. The number of aliphatic hydroxyl groups excluding tert-OH is 1. The van der Waals surface area contributed by atoms with E-state index in [2.05, 4.69) is 5.32 Å². The lowest BCUT2D eigenvalue weighted by Crippen LogP contribution is -2.21. The molecule has 3 rings (SSSR count).